The van der Waals surface area contributed by atoms with Crippen LogP contribution in [0.5, 0.6) is 11.5 Å². The van der Waals surface area contributed by atoms with Crippen LogP contribution in [0.15, 0.2) is 48.5 Å². The third-order valence-corrected chi connectivity index (χ3v) is 4.61. The zero-order valence-corrected chi connectivity index (χ0v) is 14.2. The van der Waals surface area contributed by atoms with Crippen molar-refractivity contribution >= 4 is 12.0 Å². The molecule has 0 bridgehead atoms. The van der Waals surface area contributed by atoms with E-state index >= 15 is 0 Å². The molecule has 1 fully saturated rings. The summed E-state index contributed by atoms with van der Waals surface area (Å²) in [4.78, 5) is 25.9. The fraction of sp³-hybridized carbons (Fsp3) is 0.300. The zero-order chi connectivity index (χ0) is 17.9. The summed E-state index contributed by atoms with van der Waals surface area (Å²) in [6, 6.07) is 15.2. The summed E-state index contributed by atoms with van der Waals surface area (Å²) in [6.07, 6.45) is 0.807. The SMILES string of the molecule is O=C(CCc1ccc2c(c1)OCO2)N1C(=O)OC[C@@H]1Cc1ccccc1. The minimum Gasteiger partial charge on any atom is -0.454 e. The van der Waals surface area contributed by atoms with Crippen LogP contribution in [-0.2, 0) is 22.4 Å². The molecule has 4 rings (SSSR count). The van der Waals surface area contributed by atoms with Gasteiger partial charge in [0.2, 0.25) is 12.7 Å². The minimum absolute atomic E-state index is 0.217. The molecule has 1 saturated heterocycles. The van der Waals surface area contributed by atoms with E-state index in [1.54, 1.807) is 0 Å². The Morgan fingerprint density at radius 1 is 1.00 bits per heavy atom. The first kappa shape index (κ1) is 16.4. The van der Waals surface area contributed by atoms with Gasteiger partial charge in [-0.25, -0.2) is 9.69 Å². The first-order valence-corrected chi connectivity index (χ1v) is 8.62. The number of carbonyl (C=O) groups is 2. The maximum absolute atomic E-state index is 12.6. The lowest BCUT2D eigenvalue weighted by Crippen LogP contribution is -2.40. The topological polar surface area (TPSA) is 65.1 Å². The highest BCUT2D eigenvalue weighted by Gasteiger charge is 2.37. The Morgan fingerprint density at radius 3 is 2.65 bits per heavy atom. The second-order valence-electron chi connectivity index (χ2n) is 6.37. The lowest BCUT2D eigenvalue weighted by molar-refractivity contribution is -0.129. The van der Waals surface area contributed by atoms with Gasteiger partial charge in [0.05, 0.1) is 6.04 Å². The van der Waals surface area contributed by atoms with Crippen molar-refractivity contribution in [3.63, 3.8) is 0 Å². The Balaban J connectivity index is 1.40. The molecule has 26 heavy (non-hydrogen) atoms. The minimum atomic E-state index is -0.554. The van der Waals surface area contributed by atoms with Gasteiger partial charge in [-0.1, -0.05) is 36.4 Å². The maximum Gasteiger partial charge on any atom is 0.416 e. The number of hydrogen-bond donors (Lipinski definition) is 0. The number of amides is 2. The number of benzene rings is 2. The summed E-state index contributed by atoms with van der Waals surface area (Å²) in [7, 11) is 0. The van der Waals surface area contributed by atoms with E-state index in [0.717, 1.165) is 11.1 Å². The summed E-state index contributed by atoms with van der Waals surface area (Å²) < 4.78 is 15.8. The average molecular weight is 353 g/mol. The second kappa shape index (κ2) is 7.07. The normalized spacial score (nSPS) is 18.1. The molecule has 2 amide bonds. The molecule has 0 saturated carbocycles. The molecule has 0 radical (unpaired) electrons. The molecular formula is C20H19NO5. The second-order valence-corrected chi connectivity index (χ2v) is 6.37. The van der Waals surface area contributed by atoms with Crippen molar-refractivity contribution < 1.29 is 23.8 Å². The largest absolute Gasteiger partial charge is 0.454 e. The first-order valence-electron chi connectivity index (χ1n) is 8.62. The van der Waals surface area contributed by atoms with Gasteiger partial charge in [-0.2, -0.15) is 0 Å². The van der Waals surface area contributed by atoms with E-state index in [4.69, 9.17) is 14.2 Å². The predicted molar refractivity (Wildman–Crippen MR) is 93.0 cm³/mol. The summed E-state index contributed by atoms with van der Waals surface area (Å²) in [6.45, 7) is 0.460. The molecule has 134 valence electrons. The predicted octanol–water partition coefficient (Wildman–Crippen LogP) is 2.94. The smallest absolute Gasteiger partial charge is 0.416 e. The molecule has 0 spiro atoms. The van der Waals surface area contributed by atoms with Crippen molar-refractivity contribution in [1.82, 2.24) is 4.90 Å². The van der Waals surface area contributed by atoms with Gasteiger partial charge < -0.3 is 14.2 Å². The van der Waals surface area contributed by atoms with Crippen molar-refractivity contribution in [2.75, 3.05) is 13.4 Å². The summed E-state index contributed by atoms with van der Waals surface area (Å²) in [5.74, 6) is 1.19. The molecular weight excluding hydrogens is 334 g/mol. The Hall–Kier alpha value is -3.02. The molecule has 0 N–H and O–H groups in total. The summed E-state index contributed by atoms with van der Waals surface area (Å²) in [5.41, 5.74) is 2.04. The Kier molecular flexibility index (Phi) is 4.48. The van der Waals surface area contributed by atoms with Gasteiger partial charge in [0.1, 0.15) is 6.61 Å². The van der Waals surface area contributed by atoms with Crippen LogP contribution in [0.3, 0.4) is 0 Å². The number of nitrogens with zero attached hydrogens (tertiary/aromatic N) is 1. The van der Waals surface area contributed by atoms with Crippen molar-refractivity contribution in [3.8, 4) is 11.5 Å². The van der Waals surface area contributed by atoms with Crippen LogP contribution in [0, 0.1) is 0 Å². The van der Waals surface area contributed by atoms with E-state index in [1.807, 2.05) is 48.5 Å². The van der Waals surface area contributed by atoms with Gasteiger partial charge in [-0.3, -0.25) is 4.79 Å². The molecule has 2 aromatic carbocycles. The van der Waals surface area contributed by atoms with Crippen molar-refractivity contribution in [3.05, 3.63) is 59.7 Å². The van der Waals surface area contributed by atoms with Crippen LogP contribution in [0.4, 0.5) is 4.79 Å². The highest BCUT2D eigenvalue weighted by Crippen LogP contribution is 2.33. The standard InChI is InChI=1S/C20H19NO5/c22-19(9-7-15-6-8-17-18(11-15)26-13-25-17)21-16(12-24-20(21)23)10-14-4-2-1-3-5-14/h1-6,8,11,16H,7,9-10,12-13H2/t16-/m0/s1. The summed E-state index contributed by atoms with van der Waals surface area (Å²) >= 11 is 0. The van der Waals surface area contributed by atoms with Crippen LogP contribution in [-0.4, -0.2) is 36.3 Å². The molecule has 1 atom stereocenters. The van der Waals surface area contributed by atoms with Crippen LogP contribution >= 0.6 is 0 Å². The molecule has 6 heteroatoms. The van der Waals surface area contributed by atoms with E-state index in [9.17, 15) is 9.59 Å². The van der Waals surface area contributed by atoms with Crippen LogP contribution < -0.4 is 9.47 Å². The third kappa shape index (κ3) is 3.35. The Bertz CT molecular complexity index is 820. The Labute approximate surface area is 151 Å². The Morgan fingerprint density at radius 2 is 1.81 bits per heavy atom. The first-order chi connectivity index (χ1) is 12.7. The van der Waals surface area contributed by atoms with Crippen molar-refractivity contribution in [1.29, 1.82) is 0 Å². The maximum atomic E-state index is 12.6. The molecule has 2 aromatic rings. The van der Waals surface area contributed by atoms with Crippen LogP contribution in [0.1, 0.15) is 17.5 Å². The number of fused-ring (bicyclic) bond motifs is 1. The molecule has 6 nitrogen and oxygen atoms in total. The highest BCUT2D eigenvalue weighted by molar-refractivity contribution is 5.93. The van der Waals surface area contributed by atoms with E-state index < -0.39 is 6.09 Å². The summed E-state index contributed by atoms with van der Waals surface area (Å²) in [5, 5.41) is 0. The van der Waals surface area contributed by atoms with Gasteiger partial charge in [-0.05, 0) is 36.1 Å². The number of imide groups is 1. The van der Waals surface area contributed by atoms with Gasteiger partial charge in [0.25, 0.3) is 0 Å². The highest BCUT2D eigenvalue weighted by atomic mass is 16.7. The lowest BCUT2D eigenvalue weighted by atomic mass is 10.0. The molecule has 2 aliphatic rings. The number of hydrogen-bond acceptors (Lipinski definition) is 5. The average Bonchev–Trinajstić information content (AvgIpc) is 3.27. The van der Waals surface area contributed by atoms with Crippen molar-refractivity contribution in [2.45, 2.75) is 25.3 Å². The van der Waals surface area contributed by atoms with E-state index in [0.29, 0.717) is 24.3 Å². The molecule has 0 unspecified atom stereocenters. The number of rotatable bonds is 5. The number of cyclic esters (lactones) is 1. The third-order valence-electron chi connectivity index (χ3n) is 4.61. The molecule has 2 heterocycles. The molecule has 2 aliphatic heterocycles. The number of ether oxygens (including phenoxy) is 3. The van der Waals surface area contributed by atoms with Gasteiger partial charge >= 0.3 is 6.09 Å². The monoisotopic (exact) mass is 353 g/mol. The van der Waals surface area contributed by atoms with E-state index in [2.05, 4.69) is 0 Å². The van der Waals surface area contributed by atoms with Gasteiger partial charge in [-0.15, -0.1) is 0 Å². The molecule has 0 aliphatic carbocycles. The van der Waals surface area contributed by atoms with Crippen molar-refractivity contribution in [2.24, 2.45) is 0 Å². The fourth-order valence-corrected chi connectivity index (χ4v) is 3.27. The van der Waals surface area contributed by atoms with Crippen LogP contribution in [0.2, 0.25) is 0 Å². The van der Waals surface area contributed by atoms with E-state index in [1.165, 1.54) is 4.90 Å². The van der Waals surface area contributed by atoms with E-state index in [-0.39, 0.29) is 31.8 Å². The van der Waals surface area contributed by atoms with Gasteiger partial charge in [0.15, 0.2) is 11.5 Å². The number of aryl methyl sites for hydroxylation is 1. The quantitative estimate of drug-likeness (QED) is 0.827. The zero-order valence-electron chi connectivity index (χ0n) is 14.2. The number of carbonyl (C=O) groups excluding carboxylic acids is 2. The lowest BCUT2D eigenvalue weighted by Gasteiger charge is -2.19. The van der Waals surface area contributed by atoms with Crippen LogP contribution in [0.25, 0.3) is 0 Å². The van der Waals surface area contributed by atoms with Gasteiger partial charge in [0, 0.05) is 6.42 Å². The molecule has 0 aromatic heterocycles. The fourth-order valence-electron chi connectivity index (χ4n) is 3.27.